The fourth-order valence-electron chi connectivity index (χ4n) is 0.669. The van der Waals surface area contributed by atoms with E-state index < -0.39 is 5.24 Å². The molecule has 0 bridgehead atoms. The highest BCUT2D eigenvalue weighted by Crippen LogP contribution is 2.31. The van der Waals surface area contributed by atoms with Gasteiger partial charge >= 0.3 is 0 Å². The third-order valence-electron chi connectivity index (χ3n) is 1.21. The molecule has 0 saturated heterocycles. The quantitative estimate of drug-likeness (QED) is 0.561. The summed E-state index contributed by atoms with van der Waals surface area (Å²) in [6.45, 7) is 0. The third kappa shape index (κ3) is 2.13. The lowest BCUT2D eigenvalue weighted by Gasteiger charge is -2.00. The first kappa shape index (κ1) is 10.3. The molecule has 1 aromatic rings. The molecule has 0 atom stereocenters. The molecule has 0 saturated carbocycles. The van der Waals surface area contributed by atoms with E-state index in [-0.39, 0.29) is 5.56 Å². The van der Waals surface area contributed by atoms with Crippen LogP contribution in [0.3, 0.4) is 0 Å². The van der Waals surface area contributed by atoms with Crippen molar-refractivity contribution in [1.29, 1.82) is 0 Å². The number of carbonyl (C=O) groups excluding carboxylic acids is 1. The van der Waals surface area contributed by atoms with Crippen molar-refractivity contribution in [1.82, 2.24) is 0 Å². The zero-order valence-corrected chi connectivity index (χ0v) is 9.43. The molecule has 1 aromatic carbocycles. The molecule has 0 aromatic heterocycles. The first-order chi connectivity index (χ1) is 5.52. The summed E-state index contributed by atoms with van der Waals surface area (Å²) in [6, 6.07) is 2.90. The zero-order chi connectivity index (χ0) is 9.30. The topological polar surface area (TPSA) is 17.1 Å². The second-order valence-electron chi connectivity index (χ2n) is 2.03. The van der Waals surface area contributed by atoms with E-state index in [1.807, 2.05) is 0 Å². The lowest BCUT2D eigenvalue weighted by Crippen LogP contribution is -1.88. The van der Waals surface area contributed by atoms with E-state index >= 15 is 0 Å². The lowest BCUT2D eigenvalue weighted by molar-refractivity contribution is 0.108. The number of hydrogen-bond acceptors (Lipinski definition) is 1. The number of benzene rings is 1. The summed E-state index contributed by atoms with van der Waals surface area (Å²) in [7, 11) is 0. The Kier molecular flexibility index (Phi) is 3.41. The molecule has 0 spiro atoms. The van der Waals surface area contributed by atoms with Gasteiger partial charge in [-0.1, -0.05) is 23.2 Å². The van der Waals surface area contributed by atoms with Gasteiger partial charge in [0.15, 0.2) is 0 Å². The zero-order valence-electron chi connectivity index (χ0n) is 5.57. The normalized spacial score (nSPS) is 10.0. The minimum atomic E-state index is -0.577. The molecule has 0 fully saturated rings. The molecule has 0 aliphatic carbocycles. The van der Waals surface area contributed by atoms with E-state index in [2.05, 4.69) is 15.9 Å². The molecule has 12 heavy (non-hydrogen) atoms. The molecular weight excluding hydrogens is 286 g/mol. The Morgan fingerprint density at radius 1 is 1.25 bits per heavy atom. The smallest absolute Gasteiger partial charge is 0.252 e. The minimum absolute atomic E-state index is 0.287. The highest BCUT2D eigenvalue weighted by Gasteiger charge is 2.08. The van der Waals surface area contributed by atoms with Crippen molar-refractivity contribution < 1.29 is 4.79 Å². The van der Waals surface area contributed by atoms with Gasteiger partial charge in [-0.2, -0.15) is 0 Å². The van der Waals surface area contributed by atoms with E-state index in [4.69, 9.17) is 34.8 Å². The highest BCUT2D eigenvalue weighted by atomic mass is 79.9. The van der Waals surface area contributed by atoms with Crippen LogP contribution in [0.4, 0.5) is 0 Å². The summed E-state index contributed by atoms with van der Waals surface area (Å²) < 4.78 is 0.563. The Hall–Kier alpha value is 0.240. The van der Waals surface area contributed by atoms with Crippen LogP contribution in [0.1, 0.15) is 10.4 Å². The Balaban J connectivity index is 3.31. The maximum absolute atomic E-state index is 10.7. The molecule has 64 valence electrons. The average Bonchev–Trinajstić information content (AvgIpc) is 1.99. The van der Waals surface area contributed by atoms with Gasteiger partial charge in [-0.3, -0.25) is 4.79 Å². The van der Waals surface area contributed by atoms with Crippen LogP contribution < -0.4 is 0 Å². The van der Waals surface area contributed by atoms with Gasteiger partial charge in [0.2, 0.25) is 0 Å². The molecule has 5 heteroatoms. The van der Waals surface area contributed by atoms with Gasteiger partial charge in [0.25, 0.3) is 5.24 Å². The molecule has 0 heterocycles. The van der Waals surface area contributed by atoms with Crippen LogP contribution in [0.5, 0.6) is 0 Å². The van der Waals surface area contributed by atoms with Crippen LogP contribution >= 0.6 is 50.7 Å². The molecule has 1 nitrogen and oxygen atoms in total. The summed E-state index contributed by atoms with van der Waals surface area (Å²) in [5, 5.41) is 0.157. The standard InChI is InChI=1S/C7H2BrCl3O/c8-6-4(9)1-3(7(11)12)2-5(6)10/h1-2H. The fraction of sp³-hybridized carbons (Fsp3) is 0. The van der Waals surface area contributed by atoms with Crippen LogP contribution in [0, 0.1) is 0 Å². The van der Waals surface area contributed by atoms with Crippen LogP contribution in [0.15, 0.2) is 16.6 Å². The first-order valence-corrected chi connectivity index (χ1v) is 4.79. The average molecular weight is 288 g/mol. The number of carbonyl (C=O) groups is 1. The number of hydrogen-bond donors (Lipinski definition) is 0. The Labute approximate surface area is 92.7 Å². The largest absolute Gasteiger partial charge is 0.276 e. The van der Waals surface area contributed by atoms with Gasteiger partial charge in [-0.15, -0.1) is 0 Å². The van der Waals surface area contributed by atoms with E-state index in [0.717, 1.165) is 0 Å². The summed E-state index contributed by atoms with van der Waals surface area (Å²) in [6.07, 6.45) is 0. The van der Waals surface area contributed by atoms with Crippen molar-refractivity contribution in [3.05, 3.63) is 32.2 Å². The summed E-state index contributed by atoms with van der Waals surface area (Å²) in [5.74, 6) is 0. The Bertz CT molecular complexity index is 314. The maximum Gasteiger partial charge on any atom is 0.252 e. The predicted octanol–water partition coefficient (Wildman–Crippen LogP) is 4.13. The number of halogens is 4. The van der Waals surface area contributed by atoms with E-state index in [1.165, 1.54) is 12.1 Å². The van der Waals surface area contributed by atoms with E-state index in [0.29, 0.717) is 14.5 Å². The molecular formula is C7H2BrCl3O. The Morgan fingerprint density at radius 2 is 1.67 bits per heavy atom. The minimum Gasteiger partial charge on any atom is -0.276 e. The third-order valence-corrected chi connectivity index (χ3v) is 3.34. The van der Waals surface area contributed by atoms with Gasteiger partial charge in [-0.05, 0) is 39.7 Å². The van der Waals surface area contributed by atoms with Crippen LogP contribution in [-0.2, 0) is 0 Å². The van der Waals surface area contributed by atoms with Gasteiger partial charge in [-0.25, -0.2) is 0 Å². The lowest BCUT2D eigenvalue weighted by atomic mass is 10.2. The predicted molar refractivity (Wildman–Crippen MR) is 54.3 cm³/mol. The van der Waals surface area contributed by atoms with Gasteiger partial charge < -0.3 is 0 Å². The second kappa shape index (κ2) is 3.97. The van der Waals surface area contributed by atoms with Crippen molar-refractivity contribution in [2.24, 2.45) is 0 Å². The van der Waals surface area contributed by atoms with E-state index in [9.17, 15) is 4.79 Å². The molecule has 0 radical (unpaired) electrons. The monoisotopic (exact) mass is 286 g/mol. The van der Waals surface area contributed by atoms with Crippen LogP contribution in [-0.4, -0.2) is 5.24 Å². The Morgan fingerprint density at radius 3 is 2.00 bits per heavy atom. The van der Waals surface area contributed by atoms with E-state index in [1.54, 1.807) is 0 Å². The van der Waals surface area contributed by atoms with Crippen LogP contribution in [0.2, 0.25) is 10.0 Å². The van der Waals surface area contributed by atoms with Crippen molar-refractivity contribution in [3.63, 3.8) is 0 Å². The number of rotatable bonds is 1. The molecule has 0 amide bonds. The fourth-order valence-corrected chi connectivity index (χ4v) is 1.49. The van der Waals surface area contributed by atoms with Crippen molar-refractivity contribution in [3.8, 4) is 0 Å². The molecule has 1 rings (SSSR count). The van der Waals surface area contributed by atoms with Gasteiger partial charge in [0, 0.05) is 5.56 Å². The van der Waals surface area contributed by atoms with Crippen molar-refractivity contribution >= 4 is 56.0 Å². The van der Waals surface area contributed by atoms with Crippen molar-refractivity contribution in [2.75, 3.05) is 0 Å². The molecule has 0 aliphatic rings. The summed E-state index contributed by atoms with van der Waals surface area (Å²) in [5.41, 5.74) is 0.287. The SMILES string of the molecule is O=C(Cl)c1cc(Cl)c(Br)c(Cl)c1. The summed E-state index contributed by atoms with van der Waals surface area (Å²) >= 11 is 19.8. The van der Waals surface area contributed by atoms with Crippen LogP contribution in [0.25, 0.3) is 0 Å². The second-order valence-corrected chi connectivity index (χ2v) is 3.98. The summed E-state index contributed by atoms with van der Waals surface area (Å²) in [4.78, 5) is 10.7. The molecule has 0 N–H and O–H groups in total. The van der Waals surface area contributed by atoms with Gasteiger partial charge in [0.05, 0.1) is 14.5 Å². The first-order valence-electron chi connectivity index (χ1n) is 2.86. The molecule has 0 aliphatic heterocycles. The highest BCUT2D eigenvalue weighted by molar-refractivity contribution is 9.10. The van der Waals surface area contributed by atoms with Gasteiger partial charge in [0.1, 0.15) is 0 Å². The van der Waals surface area contributed by atoms with Crippen molar-refractivity contribution in [2.45, 2.75) is 0 Å². The maximum atomic E-state index is 10.7. The molecule has 0 unspecified atom stereocenters.